The van der Waals surface area contributed by atoms with Crippen LogP contribution in [0.3, 0.4) is 0 Å². The molecule has 3 nitrogen and oxygen atoms in total. The lowest BCUT2D eigenvalue weighted by atomic mass is 9.98. The first-order valence-electron chi connectivity index (χ1n) is 7.38. The molecule has 0 saturated carbocycles. The van der Waals surface area contributed by atoms with Crippen LogP contribution in [-0.2, 0) is 6.42 Å². The van der Waals surface area contributed by atoms with Crippen molar-refractivity contribution < 1.29 is 4.74 Å². The van der Waals surface area contributed by atoms with Crippen LogP contribution >= 0.6 is 0 Å². The SMILES string of the molecule is CCOc1ccccc1CC(CN)CN(CC)CC. The minimum Gasteiger partial charge on any atom is -0.494 e. The lowest BCUT2D eigenvalue weighted by molar-refractivity contribution is 0.252. The molecule has 0 saturated heterocycles. The summed E-state index contributed by atoms with van der Waals surface area (Å²) in [5.41, 5.74) is 7.21. The maximum Gasteiger partial charge on any atom is 0.122 e. The summed E-state index contributed by atoms with van der Waals surface area (Å²) in [6.45, 7) is 11.1. The van der Waals surface area contributed by atoms with Crippen LogP contribution in [0.5, 0.6) is 5.75 Å². The zero-order valence-electron chi connectivity index (χ0n) is 12.6. The zero-order chi connectivity index (χ0) is 14.1. The summed E-state index contributed by atoms with van der Waals surface area (Å²) in [6, 6.07) is 8.29. The molecule has 1 unspecified atom stereocenters. The largest absolute Gasteiger partial charge is 0.494 e. The number of rotatable bonds is 9. The molecular weight excluding hydrogens is 236 g/mol. The number of para-hydroxylation sites is 1. The van der Waals surface area contributed by atoms with Crippen LogP contribution in [0.4, 0.5) is 0 Å². The summed E-state index contributed by atoms with van der Waals surface area (Å²) < 4.78 is 5.69. The van der Waals surface area contributed by atoms with Crippen molar-refractivity contribution in [2.24, 2.45) is 11.7 Å². The molecule has 0 spiro atoms. The van der Waals surface area contributed by atoms with E-state index in [1.54, 1.807) is 0 Å². The molecule has 1 rings (SSSR count). The molecule has 0 bridgehead atoms. The maximum absolute atomic E-state index is 5.93. The van der Waals surface area contributed by atoms with Crippen LogP contribution in [0, 0.1) is 5.92 Å². The normalized spacial score (nSPS) is 12.7. The van der Waals surface area contributed by atoms with Gasteiger partial charge >= 0.3 is 0 Å². The quantitative estimate of drug-likeness (QED) is 0.745. The van der Waals surface area contributed by atoms with E-state index in [1.807, 2.05) is 19.1 Å². The van der Waals surface area contributed by atoms with Crippen molar-refractivity contribution in [1.82, 2.24) is 4.90 Å². The summed E-state index contributed by atoms with van der Waals surface area (Å²) in [5.74, 6) is 1.49. The Hall–Kier alpha value is -1.06. The van der Waals surface area contributed by atoms with Crippen molar-refractivity contribution in [2.45, 2.75) is 27.2 Å². The fraction of sp³-hybridized carbons (Fsp3) is 0.625. The molecule has 0 aliphatic rings. The van der Waals surface area contributed by atoms with E-state index in [-0.39, 0.29) is 0 Å². The highest BCUT2D eigenvalue weighted by Crippen LogP contribution is 2.21. The summed E-state index contributed by atoms with van der Waals surface area (Å²) >= 11 is 0. The highest BCUT2D eigenvalue weighted by Gasteiger charge is 2.14. The van der Waals surface area contributed by atoms with E-state index in [0.717, 1.165) is 38.3 Å². The molecule has 0 aliphatic carbocycles. The van der Waals surface area contributed by atoms with Gasteiger partial charge in [-0.15, -0.1) is 0 Å². The van der Waals surface area contributed by atoms with Crippen molar-refractivity contribution in [3.05, 3.63) is 29.8 Å². The second-order valence-electron chi connectivity index (χ2n) is 4.83. The van der Waals surface area contributed by atoms with Crippen molar-refractivity contribution in [3.63, 3.8) is 0 Å². The molecule has 1 aromatic rings. The molecule has 0 aliphatic heterocycles. The smallest absolute Gasteiger partial charge is 0.122 e. The van der Waals surface area contributed by atoms with Gasteiger partial charge in [-0.3, -0.25) is 0 Å². The second kappa shape index (κ2) is 8.94. The first-order chi connectivity index (χ1) is 9.24. The van der Waals surface area contributed by atoms with Gasteiger partial charge in [0.25, 0.3) is 0 Å². The summed E-state index contributed by atoms with van der Waals surface area (Å²) in [6.07, 6.45) is 0.989. The molecule has 0 fully saturated rings. The molecule has 1 atom stereocenters. The highest BCUT2D eigenvalue weighted by molar-refractivity contribution is 5.33. The van der Waals surface area contributed by atoms with Gasteiger partial charge in [0.05, 0.1) is 6.61 Å². The van der Waals surface area contributed by atoms with Gasteiger partial charge in [-0.05, 0) is 50.5 Å². The number of benzene rings is 1. The van der Waals surface area contributed by atoms with Crippen LogP contribution in [0.2, 0.25) is 0 Å². The topological polar surface area (TPSA) is 38.5 Å². The third-order valence-electron chi connectivity index (χ3n) is 3.53. The fourth-order valence-electron chi connectivity index (χ4n) is 2.35. The van der Waals surface area contributed by atoms with E-state index in [2.05, 4.69) is 30.9 Å². The first-order valence-corrected chi connectivity index (χ1v) is 7.38. The monoisotopic (exact) mass is 264 g/mol. The van der Waals surface area contributed by atoms with E-state index < -0.39 is 0 Å². The lowest BCUT2D eigenvalue weighted by Gasteiger charge is -2.25. The Morgan fingerprint density at radius 3 is 2.42 bits per heavy atom. The average molecular weight is 264 g/mol. The van der Waals surface area contributed by atoms with Crippen molar-refractivity contribution in [2.75, 3.05) is 32.8 Å². The predicted molar refractivity (Wildman–Crippen MR) is 81.6 cm³/mol. The second-order valence-corrected chi connectivity index (χ2v) is 4.83. The Labute approximate surface area is 117 Å². The van der Waals surface area contributed by atoms with E-state index in [0.29, 0.717) is 12.5 Å². The summed E-state index contributed by atoms with van der Waals surface area (Å²) in [7, 11) is 0. The van der Waals surface area contributed by atoms with Gasteiger partial charge in [-0.2, -0.15) is 0 Å². The molecular formula is C16H28N2O. The Balaban J connectivity index is 2.69. The van der Waals surface area contributed by atoms with Crippen LogP contribution in [0.25, 0.3) is 0 Å². The number of nitrogens with zero attached hydrogens (tertiary/aromatic N) is 1. The highest BCUT2D eigenvalue weighted by atomic mass is 16.5. The van der Waals surface area contributed by atoms with Gasteiger partial charge in [0.1, 0.15) is 5.75 Å². The summed E-state index contributed by atoms with van der Waals surface area (Å²) in [5, 5.41) is 0. The zero-order valence-corrected chi connectivity index (χ0v) is 12.6. The Morgan fingerprint density at radius 1 is 1.16 bits per heavy atom. The van der Waals surface area contributed by atoms with Crippen LogP contribution in [0.15, 0.2) is 24.3 Å². The number of nitrogens with two attached hydrogens (primary N) is 1. The van der Waals surface area contributed by atoms with Crippen LogP contribution in [-0.4, -0.2) is 37.7 Å². The van der Waals surface area contributed by atoms with Crippen molar-refractivity contribution in [3.8, 4) is 5.75 Å². The standard InChI is InChI=1S/C16H28N2O/c1-4-18(5-2)13-14(12-17)11-15-9-7-8-10-16(15)19-6-3/h7-10,14H,4-6,11-13,17H2,1-3H3. The molecule has 1 aromatic carbocycles. The molecule has 19 heavy (non-hydrogen) atoms. The molecule has 108 valence electrons. The molecule has 0 aromatic heterocycles. The van der Waals surface area contributed by atoms with Gasteiger partial charge in [0, 0.05) is 6.54 Å². The minimum absolute atomic E-state index is 0.488. The first kappa shape index (κ1) is 16.0. The Kier molecular flexibility index (Phi) is 7.53. The van der Waals surface area contributed by atoms with E-state index in [1.165, 1.54) is 5.56 Å². The fourth-order valence-corrected chi connectivity index (χ4v) is 2.35. The Bertz CT molecular complexity index is 350. The van der Waals surface area contributed by atoms with Gasteiger partial charge in [-0.25, -0.2) is 0 Å². The third kappa shape index (κ3) is 5.21. The number of hydrogen-bond acceptors (Lipinski definition) is 3. The van der Waals surface area contributed by atoms with Gasteiger partial charge in [-0.1, -0.05) is 32.0 Å². The van der Waals surface area contributed by atoms with E-state index in [9.17, 15) is 0 Å². The summed E-state index contributed by atoms with van der Waals surface area (Å²) in [4.78, 5) is 2.43. The van der Waals surface area contributed by atoms with Crippen LogP contribution in [0.1, 0.15) is 26.3 Å². The molecule has 3 heteroatoms. The van der Waals surface area contributed by atoms with Crippen LogP contribution < -0.4 is 10.5 Å². The average Bonchev–Trinajstić information content (AvgIpc) is 2.45. The van der Waals surface area contributed by atoms with Gasteiger partial charge in [0.2, 0.25) is 0 Å². The maximum atomic E-state index is 5.93. The third-order valence-corrected chi connectivity index (χ3v) is 3.53. The number of hydrogen-bond donors (Lipinski definition) is 1. The van der Waals surface area contributed by atoms with E-state index >= 15 is 0 Å². The van der Waals surface area contributed by atoms with Crippen molar-refractivity contribution in [1.29, 1.82) is 0 Å². The molecule has 2 N–H and O–H groups in total. The van der Waals surface area contributed by atoms with Gasteiger partial charge in [0.15, 0.2) is 0 Å². The molecule has 0 heterocycles. The minimum atomic E-state index is 0.488. The van der Waals surface area contributed by atoms with Crippen molar-refractivity contribution >= 4 is 0 Å². The lowest BCUT2D eigenvalue weighted by Crippen LogP contribution is -2.34. The Morgan fingerprint density at radius 2 is 1.84 bits per heavy atom. The van der Waals surface area contributed by atoms with E-state index in [4.69, 9.17) is 10.5 Å². The predicted octanol–water partition coefficient (Wildman–Crippen LogP) is 2.54. The van der Waals surface area contributed by atoms with Gasteiger partial charge < -0.3 is 15.4 Å². The molecule has 0 radical (unpaired) electrons. The number of ether oxygens (including phenoxy) is 1. The molecule has 0 amide bonds.